The number of allylic oxidation sites excluding steroid dienone is 1. The molecule has 0 unspecified atom stereocenters. The van der Waals surface area contributed by atoms with Crippen LogP contribution in [0.4, 0.5) is 10.1 Å². The van der Waals surface area contributed by atoms with Crippen molar-refractivity contribution in [1.29, 1.82) is 0 Å². The Labute approximate surface area is 245 Å². The van der Waals surface area contributed by atoms with Crippen molar-refractivity contribution in [2.45, 2.75) is 32.6 Å². The van der Waals surface area contributed by atoms with Crippen molar-refractivity contribution in [3.63, 3.8) is 0 Å². The molecule has 1 aromatic heterocycles. The number of anilines is 1. The first-order valence-electron chi connectivity index (χ1n) is 12.8. The lowest BCUT2D eigenvalue weighted by Crippen LogP contribution is -2.29. The molecule has 0 radical (unpaired) electrons. The normalized spacial score (nSPS) is 11.6. The Morgan fingerprint density at radius 2 is 1.90 bits per heavy atom. The Bertz CT molecular complexity index is 1690. The van der Waals surface area contributed by atoms with Crippen LogP contribution in [0.25, 0.3) is 10.9 Å². The molecule has 4 aromatic rings. The van der Waals surface area contributed by atoms with Crippen molar-refractivity contribution < 1.29 is 18.7 Å². The molecular formula is C31H30BrFN4O4. The van der Waals surface area contributed by atoms with Crippen LogP contribution in [0.15, 0.2) is 81.6 Å². The second-order valence-corrected chi connectivity index (χ2v) is 11.2. The van der Waals surface area contributed by atoms with E-state index in [9.17, 15) is 14.0 Å². The summed E-state index contributed by atoms with van der Waals surface area (Å²) >= 11 is 3.42. The zero-order chi connectivity index (χ0) is 29.7. The Morgan fingerprint density at radius 1 is 1.17 bits per heavy atom. The molecule has 0 bridgehead atoms. The molecule has 41 heavy (non-hydrogen) atoms. The molecule has 1 amide bonds. The van der Waals surface area contributed by atoms with E-state index in [2.05, 4.69) is 32.9 Å². The highest BCUT2D eigenvalue weighted by Gasteiger charge is 2.23. The first kappa shape index (κ1) is 29.7. The number of benzene rings is 3. The summed E-state index contributed by atoms with van der Waals surface area (Å²) in [5, 5.41) is 7.65. The predicted molar refractivity (Wildman–Crippen MR) is 163 cm³/mol. The molecule has 0 atom stereocenters. The second-order valence-electron chi connectivity index (χ2n) is 10.3. The number of aromatic nitrogens is 2. The minimum Gasteiger partial charge on any atom is -0.493 e. The summed E-state index contributed by atoms with van der Waals surface area (Å²) in [6, 6.07) is 14.3. The predicted octanol–water partition coefficient (Wildman–Crippen LogP) is 6.23. The molecule has 1 N–H and O–H groups in total. The molecule has 0 spiro atoms. The largest absolute Gasteiger partial charge is 0.493 e. The van der Waals surface area contributed by atoms with Gasteiger partial charge in [-0.05, 0) is 66.6 Å². The Hall–Kier alpha value is -4.31. The molecule has 0 saturated carbocycles. The van der Waals surface area contributed by atoms with Gasteiger partial charge in [0.25, 0.3) is 11.5 Å². The Morgan fingerprint density at radius 3 is 2.56 bits per heavy atom. The number of nitrogens with one attached hydrogen (secondary N) is 1. The van der Waals surface area contributed by atoms with Crippen LogP contribution < -0.4 is 20.3 Å². The van der Waals surface area contributed by atoms with Gasteiger partial charge in [-0.1, -0.05) is 42.8 Å². The van der Waals surface area contributed by atoms with Gasteiger partial charge in [0.1, 0.15) is 11.6 Å². The minimum absolute atomic E-state index is 0.289. The average molecular weight is 622 g/mol. The van der Waals surface area contributed by atoms with Crippen molar-refractivity contribution >= 4 is 44.6 Å². The fourth-order valence-corrected chi connectivity index (χ4v) is 4.48. The zero-order valence-corrected chi connectivity index (χ0v) is 24.8. The molecule has 0 fully saturated rings. The first-order chi connectivity index (χ1) is 19.5. The fraction of sp³-hybridized carbons (Fsp3) is 0.226. The summed E-state index contributed by atoms with van der Waals surface area (Å²) in [5.74, 6) is 0.455. The lowest BCUT2D eigenvalue weighted by Gasteiger charge is -2.21. The highest BCUT2D eigenvalue weighted by atomic mass is 79.9. The van der Waals surface area contributed by atoms with Gasteiger partial charge in [0, 0.05) is 21.1 Å². The van der Waals surface area contributed by atoms with E-state index in [-0.39, 0.29) is 12.2 Å². The standard InChI is InChI=1S/C31H30BrFN4O4/c1-6-7-20-14-19(15-26(40-5)28(20)41-18-27(38)35-23-11-9-22(33)10-12-23)17-34-37-29(39)24-16-21(32)8-13-25(24)36-30(37)31(2,3)4/h6,8-17H,1,7,18H2,2-5H3,(H,35,38). The van der Waals surface area contributed by atoms with E-state index >= 15 is 0 Å². The second kappa shape index (κ2) is 12.5. The third kappa shape index (κ3) is 7.07. The number of fused-ring (bicyclic) bond motifs is 1. The average Bonchev–Trinajstić information content (AvgIpc) is 2.92. The molecular weight excluding hydrogens is 591 g/mol. The maximum atomic E-state index is 13.5. The number of ether oxygens (including phenoxy) is 2. The molecule has 4 rings (SSSR count). The fourth-order valence-electron chi connectivity index (χ4n) is 4.11. The van der Waals surface area contributed by atoms with Gasteiger partial charge in [-0.15, -0.1) is 6.58 Å². The molecule has 212 valence electrons. The quantitative estimate of drug-likeness (QED) is 0.177. The molecule has 0 aliphatic rings. The number of methoxy groups -OCH3 is 1. The van der Waals surface area contributed by atoms with E-state index < -0.39 is 17.1 Å². The van der Waals surface area contributed by atoms with Gasteiger partial charge in [-0.3, -0.25) is 9.59 Å². The lowest BCUT2D eigenvalue weighted by molar-refractivity contribution is -0.118. The maximum absolute atomic E-state index is 13.5. The van der Waals surface area contributed by atoms with Gasteiger partial charge in [-0.2, -0.15) is 9.78 Å². The van der Waals surface area contributed by atoms with E-state index in [0.717, 1.165) is 4.47 Å². The number of hydrogen-bond acceptors (Lipinski definition) is 6. The summed E-state index contributed by atoms with van der Waals surface area (Å²) in [6.07, 6.45) is 3.68. The molecule has 0 aliphatic carbocycles. The van der Waals surface area contributed by atoms with Gasteiger partial charge >= 0.3 is 0 Å². The Balaban J connectivity index is 1.67. The van der Waals surface area contributed by atoms with Gasteiger partial charge in [0.2, 0.25) is 0 Å². The number of halogens is 2. The summed E-state index contributed by atoms with van der Waals surface area (Å²) in [7, 11) is 1.49. The number of carbonyl (C=O) groups is 1. The third-order valence-electron chi connectivity index (χ3n) is 6.02. The monoisotopic (exact) mass is 620 g/mol. The molecule has 1 heterocycles. The first-order valence-corrected chi connectivity index (χ1v) is 13.6. The van der Waals surface area contributed by atoms with Gasteiger partial charge in [-0.25, -0.2) is 9.37 Å². The number of nitrogens with zero attached hydrogens (tertiary/aromatic N) is 3. The zero-order valence-electron chi connectivity index (χ0n) is 23.2. The number of rotatable bonds is 9. The van der Waals surface area contributed by atoms with E-state index in [1.807, 2.05) is 32.9 Å². The van der Waals surface area contributed by atoms with E-state index in [1.54, 1.807) is 30.5 Å². The Kier molecular flexibility index (Phi) is 9.02. The number of amides is 1. The summed E-state index contributed by atoms with van der Waals surface area (Å²) in [6.45, 7) is 9.43. The van der Waals surface area contributed by atoms with Crippen molar-refractivity contribution in [3.05, 3.63) is 105 Å². The van der Waals surface area contributed by atoms with Gasteiger partial charge in [0.15, 0.2) is 18.1 Å². The maximum Gasteiger partial charge on any atom is 0.282 e. The van der Waals surface area contributed by atoms with E-state index in [1.165, 1.54) is 36.1 Å². The van der Waals surface area contributed by atoms with Crippen molar-refractivity contribution in [1.82, 2.24) is 9.66 Å². The lowest BCUT2D eigenvalue weighted by atomic mass is 9.95. The molecule has 0 saturated heterocycles. The smallest absolute Gasteiger partial charge is 0.282 e. The number of carbonyl (C=O) groups excluding carboxylic acids is 1. The molecule has 3 aromatic carbocycles. The van der Waals surface area contributed by atoms with Crippen molar-refractivity contribution in [3.8, 4) is 11.5 Å². The third-order valence-corrected chi connectivity index (χ3v) is 6.51. The van der Waals surface area contributed by atoms with Crippen molar-refractivity contribution in [2.24, 2.45) is 5.10 Å². The highest BCUT2D eigenvalue weighted by Crippen LogP contribution is 2.33. The van der Waals surface area contributed by atoms with Crippen LogP contribution in [0.1, 0.15) is 37.7 Å². The van der Waals surface area contributed by atoms with Crippen molar-refractivity contribution in [2.75, 3.05) is 19.0 Å². The molecule has 0 aliphatic heterocycles. The number of hydrogen-bond donors (Lipinski definition) is 1. The summed E-state index contributed by atoms with van der Waals surface area (Å²) < 4.78 is 26.7. The van der Waals surface area contributed by atoms with Crippen LogP contribution in [0.3, 0.4) is 0 Å². The topological polar surface area (TPSA) is 94.8 Å². The van der Waals surface area contributed by atoms with Crippen LogP contribution >= 0.6 is 15.9 Å². The van der Waals surface area contributed by atoms with Crippen LogP contribution in [0.5, 0.6) is 11.5 Å². The SMILES string of the molecule is C=CCc1cc(C=Nn2c(C(C)(C)C)nc3ccc(Br)cc3c2=O)cc(OC)c1OCC(=O)Nc1ccc(F)cc1. The molecule has 10 heteroatoms. The van der Waals surface area contributed by atoms with Gasteiger partial charge < -0.3 is 14.8 Å². The van der Waals surface area contributed by atoms with E-state index in [0.29, 0.717) is 51.5 Å². The van der Waals surface area contributed by atoms with Crippen LogP contribution in [-0.2, 0) is 16.6 Å². The van der Waals surface area contributed by atoms with Crippen LogP contribution in [0, 0.1) is 5.82 Å². The summed E-state index contributed by atoms with van der Waals surface area (Å²) in [5.41, 5.74) is 1.64. The van der Waals surface area contributed by atoms with E-state index in [4.69, 9.17) is 14.5 Å². The van der Waals surface area contributed by atoms with Crippen LogP contribution in [-0.4, -0.2) is 35.5 Å². The summed E-state index contributed by atoms with van der Waals surface area (Å²) in [4.78, 5) is 30.7. The van der Waals surface area contributed by atoms with Gasteiger partial charge in [0.05, 0.1) is 24.2 Å². The molecule has 8 nitrogen and oxygen atoms in total. The highest BCUT2D eigenvalue weighted by molar-refractivity contribution is 9.10. The minimum atomic E-state index is -0.463. The van der Waals surface area contributed by atoms with Crippen LogP contribution in [0.2, 0.25) is 0 Å².